The van der Waals surface area contributed by atoms with Crippen LogP contribution in [-0.4, -0.2) is 58.9 Å². The molecule has 0 aliphatic carbocycles. The molecule has 0 radical (unpaired) electrons. The van der Waals surface area contributed by atoms with Gasteiger partial charge in [0.15, 0.2) is 0 Å². The van der Waals surface area contributed by atoms with Gasteiger partial charge in [0.05, 0.1) is 21.4 Å². The molecule has 1 saturated heterocycles. The highest BCUT2D eigenvalue weighted by Crippen LogP contribution is 2.18. The van der Waals surface area contributed by atoms with Gasteiger partial charge in [0.2, 0.25) is 5.91 Å². The van der Waals surface area contributed by atoms with Gasteiger partial charge in [-0.2, -0.15) is 0 Å². The molecule has 1 heterocycles. The minimum Gasteiger partial charge on any atom is -0.398 e. The zero-order valence-corrected chi connectivity index (χ0v) is 12.2. The van der Waals surface area contributed by atoms with Crippen LogP contribution in [0.2, 0.25) is 0 Å². The minimum atomic E-state index is -1.54. The molecule has 2 rings (SSSR count). The normalized spacial score (nSPS) is 18.0. The fourth-order valence-corrected chi connectivity index (χ4v) is 3.17. The molecule has 20 heavy (non-hydrogen) atoms. The van der Waals surface area contributed by atoms with E-state index in [0.29, 0.717) is 18.0 Å². The van der Waals surface area contributed by atoms with Gasteiger partial charge < -0.3 is 15.5 Å². The van der Waals surface area contributed by atoms with Crippen LogP contribution >= 0.6 is 0 Å². The topological polar surface area (TPSA) is 66.6 Å². The van der Waals surface area contributed by atoms with Crippen molar-refractivity contribution < 1.29 is 13.4 Å². The molecule has 0 spiro atoms. The van der Waals surface area contributed by atoms with Gasteiger partial charge in [-0.15, -0.1) is 0 Å². The highest BCUT2D eigenvalue weighted by Gasteiger charge is 2.22. The van der Waals surface area contributed by atoms with E-state index in [9.17, 15) is 13.4 Å². The molecular weight excluding hydrogens is 281 g/mol. The molecule has 110 valence electrons. The summed E-state index contributed by atoms with van der Waals surface area (Å²) >= 11 is 0. The van der Waals surface area contributed by atoms with E-state index in [1.165, 1.54) is 12.1 Å². The molecule has 1 aliphatic heterocycles. The molecule has 1 aromatic carbocycles. The Morgan fingerprint density at radius 1 is 1.35 bits per heavy atom. The number of halogens is 1. The summed E-state index contributed by atoms with van der Waals surface area (Å²) in [5, 5.41) is 0. The van der Waals surface area contributed by atoms with Crippen molar-refractivity contribution in [2.24, 2.45) is 0 Å². The molecule has 1 aromatic rings. The Kier molecular flexibility index (Phi) is 4.72. The number of nitrogen functional groups attached to an aromatic ring is 1. The SMILES string of the molecule is CN1CCN(C(=O)CS(=O)c2ccc(F)cc2N)CC1. The lowest BCUT2D eigenvalue weighted by atomic mass is 10.3. The van der Waals surface area contributed by atoms with Crippen LogP contribution in [0.1, 0.15) is 0 Å². The maximum atomic E-state index is 12.9. The number of nitrogens with two attached hydrogens (primary N) is 1. The summed E-state index contributed by atoms with van der Waals surface area (Å²) in [5.41, 5.74) is 5.75. The first kappa shape index (κ1) is 14.9. The fraction of sp³-hybridized carbons (Fsp3) is 0.462. The van der Waals surface area contributed by atoms with E-state index in [4.69, 9.17) is 5.73 Å². The number of amides is 1. The molecule has 5 nitrogen and oxygen atoms in total. The van der Waals surface area contributed by atoms with Gasteiger partial charge in [0.1, 0.15) is 11.6 Å². The Balaban J connectivity index is 1.99. The summed E-state index contributed by atoms with van der Waals surface area (Å²) in [6, 6.07) is 3.69. The van der Waals surface area contributed by atoms with Crippen molar-refractivity contribution in [3.05, 3.63) is 24.0 Å². The van der Waals surface area contributed by atoms with Crippen molar-refractivity contribution in [1.29, 1.82) is 0 Å². The summed E-state index contributed by atoms with van der Waals surface area (Å²) in [7, 11) is 0.459. The van der Waals surface area contributed by atoms with E-state index in [-0.39, 0.29) is 17.3 Å². The zero-order chi connectivity index (χ0) is 14.7. The average Bonchev–Trinajstić information content (AvgIpc) is 2.39. The first-order valence-corrected chi connectivity index (χ1v) is 7.69. The Morgan fingerprint density at radius 2 is 2.00 bits per heavy atom. The Labute approximate surface area is 120 Å². The Bertz CT molecular complexity index is 530. The van der Waals surface area contributed by atoms with Crippen molar-refractivity contribution in [2.45, 2.75) is 4.90 Å². The number of rotatable bonds is 3. The van der Waals surface area contributed by atoms with Crippen molar-refractivity contribution in [2.75, 3.05) is 44.7 Å². The largest absolute Gasteiger partial charge is 0.398 e. The maximum absolute atomic E-state index is 12.9. The summed E-state index contributed by atoms with van der Waals surface area (Å²) < 4.78 is 25.1. The van der Waals surface area contributed by atoms with Crippen LogP contribution in [0.4, 0.5) is 10.1 Å². The number of hydrogen-bond donors (Lipinski definition) is 1. The number of likely N-dealkylation sites (N-methyl/N-ethyl adjacent to an activating group) is 1. The van der Waals surface area contributed by atoms with Crippen molar-refractivity contribution in [3.63, 3.8) is 0 Å². The van der Waals surface area contributed by atoms with Crippen LogP contribution in [0, 0.1) is 5.82 Å². The molecule has 2 N–H and O–H groups in total. The molecule has 0 aromatic heterocycles. The quantitative estimate of drug-likeness (QED) is 0.815. The maximum Gasteiger partial charge on any atom is 0.235 e. The van der Waals surface area contributed by atoms with E-state index in [1.54, 1.807) is 4.90 Å². The van der Waals surface area contributed by atoms with E-state index in [2.05, 4.69) is 4.90 Å². The second kappa shape index (κ2) is 6.32. The lowest BCUT2D eigenvalue weighted by molar-refractivity contribution is -0.129. The van der Waals surface area contributed by atoms with Crippen LogP contribution in [0.3, 0.4) is 0 Å². The second-order valence-corrected chi connectivity index (χ2v) is 6.28. The number of piperazine rings is 1. The second-order valence-electron chi connectivity index (χ2n) is 4.86. The number of carbonyl (C=O) groups is 1. The predicted molar refractivity (Wildman–Crippen MR) is 76.2 cm³/mol. The number of anilines is 1. The van der Waals surface area contributed by atoms with Gasteiger partial charge in [-0.25, -0.2) is 4.39 Å². The number of carbonyl (C=O) groups excluding carboxylic acids is 1. The van der Waals surface area contributed by atoms with E-state index in [1.807, 2.05) is 7.05 Å². The number of nitrogens with zero attached hydrogens (tertiary/aromatic N) is 2. The van der Waals surface area contributed by atoms with Crippen molar-refractivity contribution >= 4 is 22.4 Å². The van der Waals surface area contributed by atoms with Crippen LogP contribution in [-0.2, 0) is 15.6 Å². The molecule has 1 unspecified atom stereocenters. The molecular formula is C13H18FN3O2S. The van der Waals surface area contributed by atoms with Gasteiger partial charge in [0.25, 0.3) is 0 Å². The molecule has 1 fully saturated rings. The zero-order valence-electron chi connectivity index (χ0n) is 11.3. The monoisotopic (exact) mass is 299 g/mol. The molecule has 1 atom stereocenters. The van der Waals surface area contributed by atoms with Gasteiger partial charge in [-0.1, -0.05) is 0 Å². The van der Waals surface area contributed by atoms with Crippen LogP contribution in [0.25, 0.3) is 0 Å². The third-order valence-electron chi connectivity index (χ3n) is 3.33. The van der Waals surface area contributed by atoms with E-state index in [0.717, 1.165) is 19.2 Å². The first-order chi connectivity index (χ1) is 9.47. The van der Waals surface area contributed by atoms with Gasteiger partial charge >= 0.3 is 0 Å². The lowest BCUT2D eigenvalue weighted by Crippen LogP contribution is -2.48. The van der Waals surface area contributed by atoms with E-state index < -0.39 is 16.6 Å². The van der Waals surface area contributed by atoms with Gasteiger partial charge in [-0.05, 0) is 25.2 Å². The standard InChI is InChI=1S/C13H18FN3O2S/c1-16-4-6-17(7-5-16)13(18)9-20(19)12-3-2-10(14)8-11(12)15/h2-3,8H,4-7,9,15H2,1H3. The molecule has 7 heteroatoms. The van der Waals surface area contributed by atoms with E-state index >= 15 is 0 Å². The van der Waals surface area contributed by atoms with Gasteiger partial charge in [0, 0.05) is 26.2 Å². The van der Waals surface area contributed by atoms with Crippen LogP contribution in [0.15, 0.2) is 23.1 Å². The third-order valence-corrected chi connectivity index (χ3v) is 4.70. The fourth-order valence-electron chi connectivity index (χ4n) is 2.06. The average molecular weight is 299 g/mol. The van der Waals surface area contributed by atoms with Crippen LogP contribution < -0.4 is 5.73 Å². The molecule has 1 amide bonds. The first-order valence-electron chi connectivity index (χ1n) is 6.37. The Hall–Kier alpha value is -1.47. The Morgan fingerprint density at radius 3 is 2.60 bits per heavy atom. The number of benzene rings is 1. The lowest BCUT2D eigenvalue weighted by Gasteiger charge is -2.32. The highest BCUT2D eigenvalue weighted by atomic mass is 32.2. The smallest absolute Gasteiger partial charge is 0.235 e. The third kappa shape index (κ3) is 3.55. The van der Waals surface area contributed by atoms with Crippen molar-refractivity contribution in [3.8, 4) is 0 Å². The van der Waals surface area contributed by atoms with Crippen molar-refractivity contribution in [1.82, 2.24) is 9.80 Å². The summed E-state index contributed by atoms with van der Waals surface area (Å²) in [5.74, 6) is -0.742. The van der Waals surface area contributed by atoms with Gasteiger partial charge in [-0.3, -0.25) is 9.00 Å². The molecule has 1 aliphatic rings. The highest BCUT2D eigenvalue weighted by molar-refractivity contribution is 7.86. The molecule has 0 saturated carbocycles. The predicted octanol–water partition coefficient (Wildman–Crippen LogP) is 0.289. The van der Waals surface area contributed by atoms with Crippen LogP contribution in [0.5, 0.6) is 0 Å². The molecule has 0 bridgehead atoms. The minimum absolute atomic E-state index is 0.112. The summed E-state index contributed by atoms with van der Waals surface area (Å²) in [6.45, 7) is 2.92. The number of hydrogen-bond acceptors (Lipinski definition) is 4. The summed E-state index contributed by atoms with van der Waals surface area (Å²) in [6.07, 6.45) is 0. The summed E-state index contributed by atoms with van der Waals surface area (Å²) in [4.78, 5) is 16.2.